The number of benzene rings is 3. The maximum Gasteiger partial charge on any atom is 0.138 e. The molecule has 1 atom stereocenters. The van der Waals surface area contributed by atoms with Gasteiger partial charge in [-0.1, -0.05) is 78.0 Å². The smallest absolute Gasteiger partial charge is 0.138 e. The second kappa shape index (κ2) is 7.14. The van der Waals surface area contributed by atoms with Crippen LogP contribution in [-0.2, 0) is 6.54 Å². The fourth-order valence-corrected chi connectivity index (χ4v) is 3.42. The van der Waals surface area contributed by atoms with E-state index in [-0.39, 0.29) is 6.04 Å². The molecule has 3 aromatic carbocycles. The van der Waals surface area contributed by atoms with E-state index in [1.54, 1.807) is 0 Å². The number of hydrogen-bond acceptors (Lipinski definition) is 3. The van der Waals surface area contributed by atoms with E-state index in [9.17, 15) is 0 Å². The standard InChI is InChI=1S/C23H22N2O/c1-16(20-14-8-12-18-9-6-7-13-21(18)20)24-15-22-17(2)26-25-23(22)19-10-4-3-5-11-19/h3-14,16,24H,15H2,1-2H3/t16-/m1/s1. The average Bonchev–Trinajstić information content (AvgIpc) is 3.07. The van der Waals surface area contributed by atoms with Gasteiger partial charge in [-0.3, -0.25) is 0 Å². The first-order chi connectivity index (χ1) is 12.7. The van der Waals surface area contributed by atoms with E-state index in [0.29, 0.717) is 6.54 Å². The lowest BCUT2D eigenvalue weighted by molar-refractivity contribution is 0.397. The fraction of sp³-hybridized carbons (Fsp3) is 0.174. The maximum atomic E-state index is 5.47. The Labute approximate surface area is 153 Å². The molecule has 4 aromatic rings. The van der Waals surface area contributed by atoms with Crippen molar-refractivity contribution < 1.29 is 4.52 Å². The predicted molar refractivity (Wildman–Crippen MR) is 106 cm³/mol. The molecule has 0 fully saturated rings. The molecule has 3 nitrogen and oxygen atoms in total. The number of aryl methyl sites for hydroxylation is 1. The van der Waals surface area contributed by atoms with Gasteiger partial charge in [0.15, 0.2) is 0 Å². The lowest BCUT2D eigenvalue weighted by atomic mass is 9.99. The molecule has 0 aliphatic heterocycles. The Bertz CT molecular complexity index is 1020. The van der Waals surface area contributed by atoms with Crippen LogP contribution < -0.4 is 5.32 Å². The molecule has 0 aliphatic rings. The molecule has 1 N–H and O–H groups in total. The van der Waals surface area contributed by atoms with Gasteiger partial charge in [-0.2, -0.15) is 0 Å². The van der Waals surface area contributed by atoms with Gasteiger partial charge in [0, 0.05) is 23.7 Å². The molecule has 0 bridgehead atoms. The first-order valence-electron chi connectivity index (χ1n) is 8.95. The number of fused-ring (bicyclic) bond motifs is 1. The second-order valence-electron chi connectivity index (χ2n) is 6.60. The van der Waals surface area contributed by atoms with Crippen molar-refractivity contribution in [1.82, 2.24) is 10.5 Å². The Balaban J connectivity index is 1.59. The molecule has 0 saturated carbocycles. The summed E-state index contributed by atoms with van der Waals surface area (Å²) in [6, 6.07) is 25.4. The summed E-state index contributed by atoms with van der Waals surface area (Å²) in [7, 11) is 0. The van der Waals surface area contributed by atoms with Gasteiger partial charge in [-0.25, -0.2) is 0 Å². The van der Waals surface area contributed by atoms with Gasteiger partial charge in [-0.05, 0) is 30.2 Å². The van der Waals surface area contributed by atoms with Crippen LogP contribution in [0.5, 0.6) is 0 Å². The van der Waals surface area contributed by atoms with Crippen LogP contribution in [-0.4, -0.2) is 5.16 Å². The highest BCUT2D eigenvalue weighted by Crippen LogP contribution is 2.27. The summed E-state index contributed by atoms with van der Waals surface area (Å²) in [5.74, 6) is 0.862. The van der Waals surface area contributed by atoms with Gasteiger partial charge >= 0.3 is 0 Å². The van der Waals surface area contributed by atoms with Crippen LogP contribution >= 0.6 is 0 Å². The van der Waals surface area contributed by atoms with E-state index < -0.39 is 0 Å². The van der Waals surface area contributed by atoms with E-state index in [2.05, 4.69) is 72.0 Å². The molecular formula is C23H22N2O. The molecule has 130 valence electrons. The van der Waals surface area contributed by atoms with Gasteiger partial charge < -0.3 is 9.84 Å². The van der Waals surface area contributed by atoms with Crippen molar-refractivity contribution in [1.29, 1.82) is 0 Å². The molecule has 4 rings (SSSR count). The molecule has 1 aromatic heterocycles. The molecule has 0 spiro atoms. The SMILES string of the molecule is Cc1onc(-c2ccccc2)c1CN[C@H](C)c1cccc2ccccc12. The summed E-state index contributed by atoms with van der Waals surface area (Å²) < 4.78 is 5.47. The molecular weight excluding hydrogens is 320 g/mol. The van der Waals surface area contributed by atoms with Crippen molar-refractivity contribution in [3.05, 3.63) is 89.7 Å². The molecule has 26 heavy (non-hydrogen) atoms. The number of aromatic nitrogens is 1. The minimum Gasteiger partial charge on any atom is -0.361 e. The molecule has 3 heteroatoms. The Morgan fingerprint density at radius 2 is 1.65 bits per heavy atom. The van der Waals surface area contributed by atoms with Crippen LogP contribution in [0.3, 0.4) is 0 Å². The molecule has 0 radical (unpaired) electrons. The highest BCUT2D eigenvalue weighted by atomic mass is 16.5. The average molecular weight is 342 g/mol. The molecule has 0 amide bonds. The highest BCUT2D eigenvalue weighted by Gasteiger charge is 2.16. The summed E-state index contributed by atoms with van der Waals surface area (Å²) in [5, 5.41) is 10.5. The van der Waals surface area contributed by atoms with Gasteiger partial charge in [0.1, 0.15) is 11.5 Å². The number of nitrogens with zero attached hydrogens (tertiary/aromatic N) is 1. The van der Waals surface area contributed by atoms with Crippen molar-refractivity contribution in [3.63, 3.8) is 0 Å². The van der Waals surface area contributed by atoms with Crippen LogP contribution in [0.15, 0.2) is 77.3 Å². The van der Waals surface area contributed by atoms with Gasteiger partial charge in [-0.15, -0.1) is 0 Å². The first-order valence-corrected chi connectivity index (χ1v) is 8.95. The third-order valence-corrected chi connectivity index (χ3v) is 4.91. The maximum absolute atomic E-state index is 5.47. The fourth-order valence-electron chi connectivity index (χ4n) is 3.42. The van der Waals surface area contributed by atoms with Gasteiger partial charge in [0.2, 0.25) is 0 Å². The number of hydrogen-bond donors (Lipinski definition) is 1. The second-order valence-corrected chi connectivity index (χ2v) is 6.60. The zero-order chi connectivity index (χ0) is 17.9. The third kappa shape index (κ3) is 3.14. The van der Waals surface area contributed by atoms with E-state index in [1.165, 1.54) is 16.3 Å². The van der Waals surface area contributed by atoms with Crippen molar-refractivity contribution in [2.45, 2.75) is 26.4 Å². The van der Waals surface area contributed by atoms with Crippen LogP contribution in [0.25, 0.3) is 22.0 Å². The third-order valence-electron chi connectivity index (χ3n) is 4.91. The van der Waals surface area contributed by atoms with Crippen molar-refractivity contribution >= 4 is 10.8 Å². The van der Waals surface area contributed by atoms with E-state index in [4.69, 9.17) is 4.52 Å². The quantitative estimate of drug-likeness (QED) is 0.509. The lowest BCUT2D eigenvalue weighted by Gasteiger charge is -2.17. The Morgan fingerprint density at radius 3 is 2.50 bits per heavy atom. The minimum atomic E-state index is 0.221. The molecule has 0 aliphatic carbocycles. The summed E-state index contributed by atoms with van der Waals surface area (Å²) in [6.07, 6.45) is 0. The zero-order valence-electron chi connectivity index (χ0n) is 15.1. The van der Waals surface area contributed by atoms with Crippen LogP contribution in [0.2, 0.25) is 0 Å². The van der Waals surface area contributed by atoms with Gasteiger partial charge in [0.25, 0.3) is 0 Å². The van der Waals surface area contributed by atoms with Crippen molar-refractivity contribution in [2.24, 2.45) is 0 Å². The number of rotatable bonds is 5. The summed E-state index contributed by atoms with van der Waals surface area (Å²) in [5.41, 5.74) is 4.42. The monoisotopic (exact) mass is 342 g/mol. The largest absolute Gasteiger partial charge is 0.361 e. The summed E-state index contributed by atoms with van der Waals surface area (Å²) in [6.45, 7) is 4.88. The van der Waals surface area contributed by atoms with E-state index in [1.807, 2.05) is 25.1 Å². The van der Waals surface area contributed by atoms with Crippen LogP contribution in [0.1, 0.15) is 29.9 Å². The van der Waals surface area contributed by atoms with Crippen LogP contribution in [0, 0.1) is 6.92 Å². The summed E-state index contributed by atoms with van der Waals surface area (Å²) in [4.78, 5) is 0. The van der Waals surface area contributed by atoms with E-state index >= 15 is 0 Å². The zero-order valence-corrected chi connectivity index (χ0v) is 15.1. The summed E-state index contributed by atoms with van der Waals surface area (Å²) >= 11 is 0. The molecule has 0 saturated heterocycles. The lowest BCUT2D eigenvalue weighted by Crippen LogP contribution is -2.19. The van der Waals surface area contributed by atoms with Crippen LogP contribution in [0.4, 0.5) is 0 Å². The normalized spacial score (nSPS) is 12.4. The topological polar surface area (TPSA) is 38.1 Å². The predicted octanol–water partition coefficient (Wildman–Crippen LogP) is 5.65. The Hall–Kier alpha value is -2.91. The highest BCUT2D eigenvalue weighted by molar-refractivity contribution is 5.86. The Kier molecular flexibility index (Phi) is 4.55. The van der Waals surface area contributed by atoms with E-state index in [0.717, 1.165) is 22.6 Å². The Morgan fingerprint density at radius 1 is 0.923 bits per heavy atom. The first kappa shape index (κ1) is 16.6. The number of nitrogens with one attached hydrogen (secondary N) is 1. The van der Waals surface area contributed by atoms with Crippen molar-refractivity contribution in [2.75, 3.05) is 0 Å². The van der Waals surface area contributed by atoms with Gasteiger partial charge in [0.05, 0.1) is 0 Å². The minimum absolute atomic E-state index is 0.221. The molecule has 1 heterocycles. The van der Waals surface area contributed by atoms with Crippen molar-refractivity contribution in [3.8, 4) is 11.3 Å². The molecule has 0 unspecified atom stereocenters.